The predicted molar refractivity (Wildman–Crippen MR) is 145 cm³/mol. The van der Waals surface area contributed by atoms with Crippen LogP contribution in [0.1, 0.15) is 35.7 Å². The van der Waals surface area contributed by atoms with Gasteiger partial charge in [-0.1, -0.05) is 24.6 Å². The molecular weight excluding hydrogens is 500 g/mol. The molecule has 0 aromatic heterocycles. The van der Waals surface area contributed by atoms with Crippen LogP contribution in [0.3, 0.4) is 0 Å². The minimum atomic E-state index is -0.679. The fraction of sp³-hybridized carbons (Fsp3) is 0.267. The third-order valence-corrected chi connectivity index (χ3v) is 6.05. The molecule has 4 rings (SSSR count). The second kappa shape index (κ2) is 12.7. The highest BCUT2D eigenvalue weighted by Crippen LogP contribution is 2.29. The number of aryl methyl sites for hydroxylation is 1. The number of nitrogens with zero attached hydrogens (tertiary/aromatic N) is 1. The van der Waals surface area contributed by atoms with Crippen LogP contribution in [0.2, 0.25) is 0 Å². The van der Waals surface area contributed by atoms with Gasteiger partial charge in [0.2, 0.25) is 5.91 Å². The van der Waals surface area contributed by atoms with Crippen LogP contribution < -0.4 is 15.0 Å². The standard InChI is InChI=1S/C30H30N2O7/c1-3-16-37-29(35)21-6-8-23(9-7-21)31-27(33)19-38-30(36)22-17-28(34)32(18-22)24-10-14-26(15-11-24)39-25-12-4-20(2)5-13-25/h4-15,22H,3,16-19H2,1-2H3,(H,31,33)/t22-/m1/s1. The SMILES string of the molecule is CCCOC(=O)c1ccc(NC(=O)COC(=O)[C@@H]2CC(=O)N(c3ccc(Oc4ccc(C)cc4)cc3)C2)cc1. The molecule has 1 aliphatic heterocycles. The zero-order chi connectivity index (χ0) is 27.8. The minimum Gasteiger partial charge on any atom is -0.462 e. The number of ether oxygens (including phenoxy) is 3. The molecule has 0 aliphatic carbocycles. The van der Waals surface area contributed by atoms with Crippen molar-refractivity contribution < 1.29 is 33.4 Å². The number of amides is 2. The largest absolute Gasteiger partial charge is 0.462 e. The number of hydrogen-bond donors (Lipinski definition) is 1. The Balaban J connectivity index is 1.24. The highest BCUT2D eigenvalue weighted by Gasteiger charge is 2.36. The number of nitrogens with one attached hydrogen (secondary N) is 1. The van der Waals surface area contributed by atoms with Crippen LogP contribution >= 0.6 is 0 Å². The molecule has 0 bridgehead atoms. The summed E-state index contributed by atoms with van der Waals surface area (Å²) in [4.78, 5) is 50.8. The molecule has 0 radical (unpaired) electrons. The summed E-state index contributed by atoms with van der Waals surface area (Å²) in [5, 5.41) is 2.61. The Morgan fingerprint density at radius 2 is 1.54 bits per heavy atom. The Bertz CT molecular complexity index is 1320. The van der Waals surface area contributed by atoms with E-state index in [1.165, 1.54) is 4.90 Å². The lowest BCUT2D eigenvalue weighted by molar-refractivity contribution is -0.151. The third-order valence-electron chi connectivity index (χ3n) is 6.05. The van der Waals surface area contributed by atoms with Gasteiger partial charge in [-0.25, -0.2) is 4.79 Å². The van der Waals surface area contributed by atoms with Gasteiger partial charge in [-0.15, -0.1) is 0 Å². The van der Waals surface area contributed by atoms with Crippen LogP contribution in [0.25, 0.3) is 0 Å². The molecule has 2 amide bonds. The number of benzene rings is 3. The fourth-order valence-corrected chi connectivity index (χ4v) is 3.97. The first-order valence-electron chi connectivity index (χ1n) is 12.7. The zero-order valence-electron chi connectivity index (χ0n) is 21.8. The van der Waals surface area contributed by atoms with Crippen molar-refractivity contribution >= 4 is 35.1 Å². The van der Waals surface area contributed by atoms with Gasteiger partial charge in [0.15, 0.2) is 6.61 Å². The van der Waals surface area contributed by atoms with Crippen molar-refractivity contribution in [1.29, 1.82) is 0 Å². The van der Waals surface area contributed by atoms with Crippen molar-refractivity contribution in [2.45, 2.75) is 26.7 Å². The second-order valence-corrected chi connectivity index (χ2v) is 9.18. The first-order valence-corrected chi connectivity index (χ1v) is 12.7. The monoisotopic (exact) mass is 530 g/mol. The lowest BCUT2D eigenvalue weighted by Crippen LogP contribution is -2.28. The van der Waals surface area contributed by atoms with E-state index < -0.39 is 30.4 Å². The van der Waals surface area contributed by atoms with Crippen molar-refractivity contribution in [3.05, 3.63) is 83.9 Å². The van der Waals surface area contributed by atoms with Crippen LogP contribution in [-0.4, -0.2) is 43.5 Å². The number of hydrogen-bond acceptors (Lipinski definition) is 7. The molecule has 3 aromatic carbocycles. The number of carbonyl (C=O) groups excluding carboxylic acids is 4. The maximum atomic E-state index is 12.6. The quantitative estimate of drug-likeness (QED) is 0.372. The van der Waals surface area contributed by atoms with Gasteiger partial charge in [-0.2, -0.15) is 0 Å². The third kappa shape index (κ3) is 7.44. The normalized spacial score (nSPS) is 14.6. The lowest BCUT2D eigenvalue weighted by Gasteiger charge is -2.17. The molecule has 0 saturated carbocycles. The smallest absolute Gasteiger partial charge is 0.338 e. The van der Waals surface area contributed by atoms with Crippen LogP contribution in [-0.2, 0) is 23.9 Å². The Labute approximate surface area is 226 Å². The maximum absolute atomic E-state index is 12.6. The lowest BCUT2D eigenvalue weighted by atomic mass is 10.1. The van der Waals surface area contributed by atoms with Crippen molar-refractivity contribution in [1.82, 2.24) is 0 Å². The molecule has 0 unspecified atom stereocenters. The topological polar surface area (TPSA) is 111 Å². The van der Waals surface area contributed by atoms with Crippen molar-refractivity contribution in [3.63, 3.8) is 0 Å². The van der Waals surface area contributed by atoms with E-state index in [1.54, 1.807) is 48.5 Å². The van der Waals surface area contributed by atoms with E-state index in [0.29, 0.717) is 35.0 Å². The van der Waals surface area contributed by atoms with Gasteiger partial charge in [-0.05, 0) is 74.0 Å². The van der Waals surface area contributed by atoms with Crippen molar-refractivity contribution in [2.75, 3.05) is 30.0 Å². The van der Waals surface area contributed by atoms with Crippen LogP contribution in [0.15, 0.2) is 72.8 Å². The second-order valence-electron chi connectivity index (χ2n) is 9.18. The zero-order valence-corrected chi connectivity index (χ0v) is 21.8. The highest BCUT2D eigenvalue weighted by molar-refractivity contribution is 6.00. The van der Waals surface area contributed by atoms with E-state index >= 15 is 0 Å². The van der Waals surface area contributed by atoms with Crippen LogP contribution in [0, 0.1) is 12.8 Å². The Morgan fingerprint density at radius 3 is 2.18 bits per heavy atom. The number of carbonyl (C=O) groups is 4. The first kappa shape index (κ1) is 27.4. The molecule has 1 fully saturated rings. The minimum absolute atomic E-state index is 0.00232. The average molecular weight is 531 g/mol. The van der Waals surface area contributed by atoms with Gasteiger partial charge in [0.1, 0.15) is 11.5 Å². The summed E-state index contributed by atoms with van der Waals surface area (Å²) in [6, 6.07) is 20.9. The van der Waals surface area contributed by atoms with E-state index in [2.05, 4.69) is 5.32 Å². The Kier molecular flexibility index (Phi) is 8.94. The van der Waals surface area contributed by atoms with E-state index in [0.717, 1.165) is 12.0 Å². The number of rotatable bonds is 10. The highest BCUT2D eigenvalue weighted by atomic mass is 16.5. The molecule has 0 spiro atoms. The Morgan fingerprint density at radius 1 is 0.897 bits per heavy atom. The molecule has 9 heteroatoms. The molecule has 39 heavy (non-hydrogen) atoms. The van der Waals surface area contributed by atoms with Crippen molar-refractivity contribution in [3.8, 4) is 11.5 Å². The summed E-state index contributed by atoms with van der Waals surface area (Å²) in [5.41, 5.74) is 2.60. The molecule has 3 aromatic rings. The predicted octanol–water partition coefficient (Wildman–Crippen LogP) is 4.89. The number of esters is 2. The maximum Gasteiger partial charge on any atom is 0.338 e. The average Bonchev–Trinajstić information content (AvgIpc) is 3.34. The van der Waals surface area contributed by atoms with Crippen molar-refractivity contribution in [2.24, 2.45) is 5.92 Å². The fourth-order valence-electron chi connectivity index (χ4n) is 3.97. The van der Waals surface area contributed by atoms with E-state index in [1.807, 2.05) is 38.1 Å². The molecule has 1 heterocycles. The molecule has 1 aliphatic rings. The van der Waals surface area contributed by atoms with Gasteiger partial charge < -0.3 is 24.4 Å². The molecule has 202 valence electrons. The molecule has 1 N–H and O–H groups in total. The number of anilines is 2. The van der Waals surface area contributed by atoms with Gasteiger partial charge in [0.05, 0.1) is 18.1 Å². The summed E-state index contributed by atoms with van der Waals surface area (Å²) in [5.74, 6) is -1.13. The molecule has 1 atom stereocenters. The van der Waals surface area contributed by atoms with E-state index in [9.17, 15) is 19.2 Å². The van der Waals surface area contributed by atoms with Gasteiger partial charge >= 0.3 is 11.9 Å². The molecule has 1 saturated heterocycles. The Hall–Kier alpha value is -4.66. The summed E-state index contributed by atoms with van der Waals surface area (Å²) in [6.45, 7) is 3.91. The summed E-state index contributed by atoms with van der Waals surface area (Å²) in [6.07, 6.45) is 0.723. The molecular formula is C30H30N2O7. The molecule has 9 nitrogen and oxygen atoms in total. The summed E-state index contributed by atoms with van der Waals surface area (Å²) >= 11 is 0. The summed E-state index contributed by atoms with van der Waals surface area (Å²) in [7, 11) is 0. The van der Waals surface area contributed by atoms with E-state index in [-0.39, 0.29) is 18.9 Å². The van der Waals surface area contributed by atoms with E-state index in [4.69, 9.17) is 14.2 Å². The van der Waals surface area contributed by atoms with Crippen LogP contribution in [0.5, 0.6) is 11.5 Å². The van der Waals surface area contributed by atoms with Gasteiger partial charge in [0, 0.05) is 24.3 Å². The van der Waals surface area contributed by atoms with Gasteiger partial charge in [0.25, 0.3) is 5.91 Å². The van der Waals surface area contributed by atoms with Gasteiger partial charge in [-0.3, -0.25) is 14.4 Å². The van der Waals surface area contributed by atoms with Crippen LogP contribution in [0.4, 0.5) is 11.4 Å². The first-order chi connectivity index (χ1) is 18.8. The summed E-state index contributed by atoms with van der Waals surface area (Å²) < 4.78 is 16.1.